The van der Waals surface area contributed by atoms with E-state index >= 15 is 0 Å². The molecular formula is C15H12N2O2. The molecule has 4 heteroatoms. The van der Waals surface area contributed by atoms with E-state index in [1.807, 2.05) is 30.5 Å². The summed E-state index contributed by atoms with van der Waals surface area (Å²) >= 11 is 0. The topological polar surface area (TPSA) is 56.0 Å². The van der Waals surface area contributed by atoms with Gasteiger partial charge in [-0.15, -0.1) is 0 Å². The summed E-state index contributed by atoms with van der Waals surface area (Å²) in [6.45, 7) is 0. The van der Waals surface area contributed by atoms with Crippen LogP contribution in [0.5, 0.6) is 0 Å². The molecule has 0 aliphatic carbocycles. The Hall–Kier alpha value is -2.75. The minimum Gasteiger partial charge on any atom is -0.258 e. The summed E-state index contributed by atoms with van der Waals surface area (Å²) in [6, 6.07) is 20.0. The van der Waals surface area contributed by atoms with E-state index in [4.69, 9.17) is 0 Å². The van der Waals surface area contributed by atoms with E-state index in [1.54, 1.807) is 18.2 Å². The molecule has 0 unspecified atom stereocenters. The van der Waals surface area contributed by atoms with E-state index < -0.39 is 4.92 Å². The molecule has 3 aromatic rings. The van der Waals surface area contributed by atoms with Crippen LogP contribution in [0.1, 0.15) is 0 Å². The first kappa shape index (κ1) is 12.7. The normalized spacial score (nSPS) is 9.47. The van der Waals surface area contributed by atoms with Gasteiger partial charge in [0.15, 0.2) is 0 Å². The van der Waals surface area contributed by atoms with Crippen LogP contribution in [0.3, 0.4) is 0 Å². The summed E-state index contributed by atoms with van der Waals surface area (Å²) in [5.41, 5.74) is 1.20. The first-order valence-electron chi connectivity index (χ1n) is 5.76. The number of non-ortho nitro benzene ring substituents is 1. The van der Waals surface area contributed by atoms with E-state index in [-0.39, 0.29) is 5.69 Å². The van der Waals surface area contributed by atoms with Gasteiger partial charge in [-0.05, 0) is 12.1 Å². The molecule has 0 saturated carbocycles. The minimum absolute atomic E-state index is 0.137. The molecule has 1 aromatic heterocycles. The zero-order valence-electron chi connectivity index (χ0n) is 10.1. The zero-order valence-corrected chi connectivity index (χ0v) is 10.1. The van der Waals surface area contributed by atoms with Gasteiger partial charge in [-0.1, -0.05) is 42.5 Å². The van der Waals surface area contributed by atoms with Crippen LogP contribution >= 0.6 is 0 Å². The van der Waals surface area contributed by atoms with Gasteiger partial charge < -0.3 is 0 Å². The van der Waals surface area contributed by atoms with Crippen molar-refractivity contribution in [2.75, 3.05) is 0 Å². The maximum absolute atomic E-state index is 10.0. The van der Waals surface area contributed by atoms with Crippen molar-refractivity contribution in [3.05, 3.63) is 83.0 Å². The van der Waals surface area contributed by atoms with Gasteiger partial charge in [0.25, 0.3) is 5.69 Å². The summed E-state index contributed by atoms with van der Waals surface area (Å²) in [7, 11) is 0. The molecule has 0 amide bonds. The van der Waals surface area contributed by atoms with Crippen molar-refractivity contribution in [1.29, 1.82) is 0 Å². The highest BCUT2D eigenvalue weighted by Gasteiger charge is 1.98. The van der Waals surface area contributed by atoms with Crippen LogP contribution in [0, 0.1) is 10.1 Å². The Kier molecular flexibility index (Phi) is 4.18. The van der Waals surface area contributed by atoms with Crippen molar-refractivity contribution >= 4 is 16.6 Å². The van der Waals surface area contributed by atoms with Crippen LogP contribution in [-0.4, -0.2) is 9.91 Å². The maximum atomic E-state index is 10.0. The van der Waals surface area contributed by atoms with E-state index in [9.17, 15) is 10.1 Å². The second-order valence-electron chi connectivity index (χ2n) is 3.79. The predicted octanol–water partition coefficient (Wildman–Crippen LogP) is 3.83. The van der Waals surface area contributed by atoms with Crippen LogP contribution in [0.4, 0.5) is 5.69 Å². The molecule has 0 saturated heterocycles. The summed E-state index contributed by atoms with van der Waals surface area (Å²) in [5.74, 6) is 0. The average Bonchev–Trinajstić information content (AvgIpc) is 2.49. The maximum Gasteiger partial charge on any atom is 0.269 e. The van der Waals surface area contributed by atoms with Crippen LogP contribution in [-0.2, 0) is 0 Å². The van der Waals surface area contributed by atoms with Gasteiger partial charge in [0.1, 0.15) is 0 Å². The van der Waals surface area contributed by atoms with Gasteiger partial charge >= 0.3 is 0 Å². The van der Waals surface area contributed by atoms with Crippen molar-refractivity contribution in [2.45, 2.75) is 0 Å². The molecule has 1 heterocycles. The van der Waals surface area contributed by atoms with Gasteiger partial charge in [0, 0.05) is 23.7 Å². The fourth-order valence-electron chi connectivity index (χ4n) is 1.57. The summed E-state index contributed by atoms with van der Waals surface area (Å²) in [4.78, 5) is 13.8. The van der Waals surface area contributed by atoms with Crippen LogP contribution in [0.15, 0.2) is 72.9 Å². The Balaban J connectivity index is 0.000000141. The Morgan fingerprint density at radius 1 is 0.842 bits per heavy atom. The number of benzene rings is 2. The summed E-state index contributed by atoms with van der Waals surface area (Å²) in [6.07, 6.45) is 1.81. The number of hydrogen-bond donors (Lipinski definition) is 0. The lowest BCUT2D eigenvalue weighted by Crippen LogP contribution is -1.84. The second kappa shape index (κ2) is 6.26. The molecule has 19 heavy (non-hydrogen) atoms. The van der Waals surface area contributed by atoms with Crippen LogP contribution in [0.25, 0.3) is 10.9 Å². The van der Waals surface area contributed by atoms with Crippen molar-refractivity contribution in [1.82, 2.24) is 4.98 Å². The number of nitro benzene ring substituents is 1. The third-order valence-electron chi connectivity index (χ3n) is 2.48. The lowest BCUT2D eigenvalue weighted by molar-refractivity contribution is -0.384. The Morgan fingerprint density at radius 3 is 2.11 bits per heavy atom. The quantitative estimate of drug-likeness (QED) is 0.488. The number of hydrogen-bond acceptors (Lipinski definition) is 3. The molecule has 94 valence electrons. The summed E-state index contributed by atoms with van der Waals surface area (Å²) in [5, 5.41) is 11.2. The van der Waals surface area contributed by atoms with E-state index in [2.05, 4.69) is 17.1 Å². The number of aromatic nitrogens is 1. The molecule has 0 fully saturated rings. The molecule has 3 rings (SSSR count). The average molecular weight is 252 g/mol. The third kappa shape index (κ3) is 3.61. The van der Waals surface area contributed by atoms with Gasteiger partial charge in [-0.25, -0.2) is 0 Å². The molecule has 2 aromatic carbocycles. The number of nitro groups is 1. The fraction of sp³-hybridized carbons (Fsp3) is 0. The van der Waals surface area contributed by atoms with Crippen LogP contribution in [0.2, 0.25) is 0 Å². The Bertz CT molecular complexity index is 604. The molecule has 4 nitrogen and oxygen atoms in total. The molecule has 0 N–H and O–H groups in total. The number of para-hydroxylation sites is 2. The Labute approximate surface area is 110 Å². The highest BCUT2D eigenvalue weighted by Crippen LogP contribution is 2.08. The van der Waals surface area contributed by atoms with Gasteiger partial charge in [-0.3, -0.25) is 15.1 Å². The van der Waals surface area contributed by atoms with Gasteiger partial charge in [0.2, 0.25) is 0 Å². The Morgan fingerprint density at radius 2 is 1.47 bits per heavy atom. The monoisotopic (exact) mass is 252 g/mol. The molecule has 0 radical (unpaired) electrons. The SMILES string of the molecule is O=[N+]([O-])c1ccccc1.c1ccc2ncccc2c1. The molecule has 0 bridgehead atoms. The van der Waals surface area contributed by atoms with Crippen LogP contribution < -0.4 is 0 Å². The molecule has 0 atom stereocenters. The lowest BCUT2D eigenvalue weighted by atomic mass is 10.2. The van der Waals surface area contributed by atoms with Crippen molar-refractivity contribution in [3.63, 3.8) is 0 Å². The number of fused-ring (bicyclic) bond motifs is 1. The standard InChI is InChI=1S/C9H7N.C6H5NO2/c1-2-6-9-8(4-1)5-3-7-10-9;8-7(9)6-4-2-1-3-5-6/h1-7H;1-5H. The number of nitrogens with zero attached hydrogens (tertiary/aromatic N) is 2. The number of pyridine rings is 1. The van der Waals surface area contributed by atoms with Crippen molar-refractivity contribution < 1.29 is 4.92 Å². The molecular weight excluding hydrogens is 240 g/mol. The number of rotatable bonds is 1. The smallest absolute Gasteiger partial charge is 0.258 e. The predicted molar refractivity (Wildman–Crippen MR) is 74.8 cm³/mol. The molecule has 0 spiro atoms. The van der Waals surface area contributed by atoms with E-state index in [0.717, 1.165) is 5.52 Å². The van der Waals surface area contributed by atoms with Gasteiger partial charge in [-0.2, -0.15) is 0 Å². The molecule has 0 aliphatic heterocycles. The van der Waals surface area contributed by atoms with Crippen molar-refractivity contribution in [2.24, 2.45) is 0 Å². The second-order valence-corrected chi connectivity index (χ2v) is 3.79. The van der Waals surface area contributed by atoms with E-state index in [0.29, 0.717) is 0 Å². The zero-order chi connectivity index (χ0) is 13.5. The van der Waals surface area contributed by atoms with E-state index in [1.165, 1.54) is 17.5 Å². The lowest BCUT2D eigenvalue weighted by Gasteiger charge is -1.91. The minimum atomic E-state index is -0.417. The fourth-order valence-corrected chi connectivity index (χ4v) is 1.57. The molecule has 0 aliphatic rings. The first-order chi connectivity index (χ1) is 9.27. The highest BCUT2D eigenvalue weighted by atomic mass is 16.6. The third-order valence-corrected chi connectivity index (χ3v) is 2.48. The van der Waals surface area contributed by atoms with Gasteiger partial charge in [0.05, 0.1) is 10.4 Å². The van der Waals surface area contributed by atoms with Crippen molar-refractivity contribution in [3.8, 4) is 0 Å². The largest absolute Gasteiger partial charge is 0.269 e. The highest BCUT2D eigenvalue weighted by molar-refractivity contribution is 5.77. The first-order valence-corrected chi connectivity index (χ1v) is 5.76. The summed E-state index contributed by atoms with van der Waals surface area (Å²) < 4.78 is 0.